The highest BCUT2D eigenvalue weighted by Crippen LogP contribution is 2.17. The summed E-state index contributed by atoms with van der Waals surface area (Å²) in [6, 6.07) is 7.74. The molecule has 0 spiro atoms. The Balaban J connectivity index is 1.95. The summed E-state index contributed by atoms with van der Waals surface area (Å²) in [4.78, 5) is 13.2. The van der Waals surface area contributed by atoms with Gasteiger partial charge in [0, 0.05) is 41.9 Å². The molecule has 0 aromatic heterocycles. The Labute approximate surface area is 115 Å². The number of hydrogen-bond acceptors (Lipinski definition) is 3. The number of aliphatic carboxylic acids is 1. The van der Waals surface area contributed by atoms with Crippen LogP contribution in [0.4, 0.5) is 0 Å². The second kappa shape index (κ2) is 6.30. The van der Waals surface area contributed by atoms with E-state index >= 15 is 0 Å². The third kappa shape index (κ3) is 3.88. The fourth-order valence-corrected chi connectivity index (χ4v) is 3.27. The third-order valence-electron chi connectivity index (χ3n) is 3.53. The van der Waals surface area contributed by atoms with Crippen molar-refractivity contribution in [2.45, 2.75) is 19.4 Å². The average Bonchev–Trinajstić information content (AvgIpc) is 2.41. The van der Waals surface area contributed by atoms with Crippen molar-refractivity contribution in [3.8, 4) is 0 Å². The van der Waals surface area contributed by atoms with Gasteiger partial charge in [-0.3, -0.25) is 13.9 Å². The van der Waals surface area contributed by atoms with E-state index in [-0.39, 0.29) is 0 Å². The van der Waals surface area contributed by atoms with E-state index in [1.165, 1.54) is 5.56 Å². The Morgan fingerprint density at radius 3 is 2.42 bits per heavy atom. The number of hydrogen-bond donors (Lipinski definition) is 1. The summed E-state index contributed by atoms with van der Waals surface area (Å²) in [6.45, 7) is 4.29. The van der Waals surface area contributed by atoms with Crippen LogP contribution in [0.2, 0.25) is 0 Å². The van der Waals surface area contributed by atoms with Crippen LogP contribution in [0, 0.1) is 0 Å². The van der Waals surface area contributed by atoms with Crippen molar-refractivity contribution in [2.75, 3.05) is 24.6 Å². The maximum absolute atomic E-state index is 11.3. The molecule has 1 N–H and O–H groups in total. The molecule has 5 heteroatoms. The first-order valence-corrected chi connectivity index (χ1v) is 7.94. The molecule has 0 radical (unpaired) electrons. The van der Waals surface area contributed by atoms with Crippen molar-refractivity contribution in [1.29, 1.82) is 0 Å². The predicted molar refractivity (Wildman–Crippen MR) is 75.6 cm³/mol. The smallest absolute Gasteiger partial charge is 0.310 e. The van der Waals surface area contributed by atoms with Gasteiger partial charge in [-0.25, -0.2) is 0 Å². The summed E-state index contributed by atoms with van der Waals surface area (Å²) >= 11 is 0. The molecular weight excluding hydrogens is 262 g/mol. The first-order chi connectivity index (χ1) is 9.06. The number of carboxylic acids is 1. The van der Waals surface area contributed by atoms with Gasteiger partial charge in [-0.05, 0) is 18.1 Å². The third-order valence-corrected chi connectivity index (χ3v) is 4.80. The van der Waals surface area contributed by atoms with Gasteiger partial charge in [0.05, 0.1) is 5.92 Å². The van der Waals surface area contributed by atoms with Gasteiger partial charge in [-0.2, -0.15) is 0 Å². The molecule has 19 heavy (non-hydrogen) atoms. The minimum absolute atomic E-state index is 0.466. The van der Waals surface area contributed by atoms with Crippen molar-refractivity contribution < 1.29 is 14.1 Å². The molecule has 2 rings (SSSR count). The van der Waals surface area contributed by atoms with Crippen LogP contribution < -0.4 is 0 Å². The van der Waals surface area contributed by atoms with Crippen LogP contribution in [0.3, 0.4) is 0 Å². The minimum Gasteiger partial charge on any atom is -0.481 e. The van der Waals surface area contributed by atoms with E-state index < -0.39 is 22.7 Å². The summed E-state index contributed by atoms with van der Waals surface area (Å²) in [7, 11) is -0.641. The van der Waals surface area contributed by atoms with E-state index in [2.05, 4.69) is 4.90 Å². The molecule has 104 valence electrons. The van der Waals surface area contributed by atoms with Crippen LogP contribution in [-0.4, -0.2) is 44.8 Å². The van der Waals surface area contributed by atoms with E-state index in [1.807, 2.05) is 24.3 Å². The van der Waals surface area contributed by atoms with Crippen LogP contribution in [0.1, 0.15) is 24.0 Å². The highest BCUT2D eigenvalue weighted by Gasteiger charge is 2.16. The van der Waals surface area contributed by atoms with E-state index in [4.69, 9.17) is 5.11 Å². The van der Waals surface area contributed by atoms with E-state index in [0.717, 1.165) is 36.7 Å². The monoisotopic (exact) mass is 281 g/mol. The van der Waals surface area contributed by atoms with E-state index in [9.17, 15) is 9.00 Å². The Hall–Kier alpha value is -1.20. The molecule has 1 heterocycles. The standard InChI is InChI=1S/C14H19NO3S/c1-11(14(16)17)13-4-2-12(3-5-13)10-15-6-8-19(18)9-7-15/h2-5,11H,6-10H2,1H3,(H,16,17). The molecule has 1 aliphatic heterocycles. The van der Waals surface area contributed by atoms with Crippen LogP contribution in [-0.2, 0) is 22.1 Å². The minimum atomic E-state index is -0.800. The van der Waals surface area contributed by atoms with Crippen molar-refractivity contribution in [1.82, 2.24) is 4.90 Å². The van der Waals surface area contributed by atoms with Gasteiger partial charge in [-0.15, -0.1) is 0 Å². The molecule has 1 aliphatic rings. The summed E-state index contributed by atoms with van der Waals surface area (Å²) in [5.74, 6) is 0.250. The van der Waals surface area contributed by atoms with Crippen LogP contribution >= 0.6 is 0 Å². The molecule has 1 saturated heterocycles. The predicted octanol–water partition coefficient (Wildman–Crippen LogP) is 1.44. The quantitative estimate of drug-likeness (QED) is 0.907. The molecule has 1 fully saturated rings. The normalized spacial score (nSPS) is 19.2. The number of benzene rings is 1. The van der Waals surface area contributed by atoms with Gasteiger partial charge in [0.1, 0.15) is 0 Å². The Bertz CT molecular complexity index is 462. The second-order valence-electron chi connectivity index (χ2n) is 4.93. The Kier molecular flexibility index (Phi) is 4.71. The summed E-state index contributed by atoms with van der Waals surface area (Å²) < 4.78 is 11.3. The van der Waals surface area contributed by atoms with Gasteiger partial charge in [0.15, 0.2) is 0 Å². The first kappa shape index (κ1) is 14.2. The highest BCUT2D eigenvalue weighted by atomic mass is 32.2. The van der Waals surface area contributed by atoms with Gasteiger partial charge in [-0.1, -0.05) is 24.3 Å². The Morgan fingerprint density at radius 1 is 1.32 bits per heavy atom. The molecule has 1 aromatic rings. The summed E-state index contributed by atoms with van der Waals surface area (Å²) in [5, 5.41) is 8.95. The molecule has 1 unspecified atom stereocenters. The fraction of sp³-hybridized carbons (Fsp3) is 0.500. The number of rotatable bonds is 4. The van der Waals surface area contributed by atoms with Crippen LogP contribution in [0.5, 0.6) is 0 Å². The number of carbonyl (C=O) groups is 1. The lowest BCUT2D eigenvalue weighted by Gasteiger charge is -2.26. The molecule has 0 bridgehead atoms. The fourth-order valence-electron chi connectivity index (χ4n) is 2.15. The molecule has 0 aliphatic carbocycles. The molecule has 1 atom stereocenters. The first-order valence-electron chi connectivity index (χ1n) is 6.45. The number of carboxylic acid groups (broad SMARTS) is 1. The topological polar surface area (TPSA) is 57.6 Å². The summed E-state index contributed by atoms with van der Waals surface area (Å²) in [6.07, 6.45) is 0. The second-order valence-corrected chi connectivity index (χ2v) is 6.62. The lowest BCUT2D eigenvalue weighted by Crippen LogP contribution is -2.37. The molecular formula is C14H19NO3S. The largest absolute Gasteiger partial charge is 0.481 e. The van der Waals surface area contributed by atoms with Crippen molar-refractivity contribution in [3.63, 3.8) is 0 Å². The molecule has 4 nitrogen and oxygen atoms in total. The van der Waals surface area contributed by atoms with E-state index in [0.29, 0.717) is 0 Å². The highest BCUT2D eigenvalue weighted by molar-refractivity contribution is 7.85. The van der Waals surface area contributed by atoms with Crippen LogP contribution in [0.25, 0.3) is 0 Å². The van der Waals surface area contributed by atoms with Crippen molar-refractivity contribution in [3.05, 3.63) is 35.4 Å². The Morgan fingerprint density at radius 2 is 1.89 bits per heavy atom. The van der Waals surface area contributed by atoms with Gasteiger partial charge in [0.25, 0.3) is 0 Å². The number of nitrogens with zero attached hydrogens (tertiary/aromatic N) is 1. The lowest BCUT2D eigenvalue weighted by atomic mass is 10.00. The van der Waals surface area contributed by atoms with E-state index in [1.54, 1.807) is 6.92 Å². The summed E-state index contributed by atoms with van der Waals surface area (Å²) in [5.41, 5.74) is 2.00. The van der Waals surface area contributed by atoms with Crippen molar-refractivity contribution >= 4 is 16.8 Å². The van der Waals surface area contributed by atoms with Gasteiger partial charge in [0.2, 0.25) is 0 Å². The van der Waals surface area contributed by atoms with Gasteiger partial charge >= 0.3 is 5.97 Å². The average molecular weight is 281 g/mol. The molecule has 1 aromatic carbocycles. The SMILES string of the molecule is CC(C(=O)O)c1ccc(CN2CCS(=O)CC2)cc1. The van der Waals surface area contributed by atoms with Crippen molar-refractivity contribution in [2.24, 2.45) is 0 Å². The zero-order valence-corrected chi connectivity index (χ0v) is 11.9. The molecule has 0 amide bonds. The lowest BCUT2D eigenvalue weighted by molar-refractivity contribution is -0.138. The zero-order chi connectivity index (χ0) is 13.8. The van der Waals surface area contributed by atoms with Gasteiger partial charge < -0.3 is 5.11 Å². The maximum atomic E-state index is 11.3. The molecule has 0 saturated carbocycles. The zero-order valence-electron chi connectivity index (χ0n) is 11.0. The van der Waals surface area contributed by atoms with Crippen LogP contribution in [0.15, 0.2) is 24.3 Å². The maximum Gasteiger partial charge on any atom is 0.310 e.